The number of aryl methyl sites for hydroxylation is 2. The lowest BCUT2D eigenvalue weighted by molar-refractivity contribution is 0.198. The van der Waals surface area contributed by atoms with Crippen molar-refractivity contribution in [1.29, 1.82) is 0 Å². The lowest BCUT2D eigenvalue weighted by atomic mass is 9.97. The average Bonchev–Trinajstić information content (AvgIpc) is 2.53. The van der Waals surface area contributed by atoms with E-state index in [0.717, 1.165) is 22.3 Å². The summed E-state index contributed by atoms with van der Waals surface area (Å²) in [6, 6.07) is 11.8. The van der Waals surface area contributed by atoms with Crippen LogP contribution in [0.4, 0.5) is 0 Å². The van der Waals surface area contributed by atoms with Gasteiger partial charge in [-0.05, 0) is 43.2 Å². The van der Waals surface area contributed by atoms with Crippen LogP contribution in [0, 0.1) is 13.8 Å². The van der Waals surface area contributed by atoms with Crippen molar-refractivity contribution in [3.8, 4) is 22.6 Å². The Bertz CT molecular complexity index is 622. The molecule has 0 fully saturated rings. The van der Waals surface area contributed by atoms with Crippen molar-refractivity contribution in [3.05, 3.63) is 47.5 Å². The molecule has 22 heavy (non-hydrogen) atoms. The first-order chi connectivity index (χ1) is 10.7. The van der Waals surface area contributed by atoms with Gasteiger partial charge in [-0.15, -0.1) is 0 Å². The van der Waals surface area contributed by atoms with Gasteiger partial charge in [0, 0.05) is 5.56 Å². The maximum Gasteiger partial charge on any atom is 0.127 e. The Morgan fingerprint density at radius 1 is 0.818 bits per heavy atom. The molecular weight excluding hydrogens is 280 g/mol. The molecule has 0 atom stereocenters. The fraction of sp³-hybridized carbons (Fsp3) is 0.333. The average molecular weight is 302 g/mol. The second-order valence-corrected chi connectivity index (χ2v) is 5.12. The van der Waals surface area contributed by atoms with Gasteiger partial charge >= 0.3 is 0 Å². The molecule has 0 saturated carbocycles. The van der Waals surface area contributed by atoms with Crippen molar-refractivity contribution in [2.24, 2.45) is 0 Å². The van der Waals surface area contributed by atoms with Gasteiger partial charge in [-0.3, -0.25) is 0 Å². The zero-order chi connectivity index (χ0) is 15.9. The molecule has 0 amide bonds. The van der Waals surface area contributed by atoms with Gasteiger partial charge in [0.2, 0.25) is 0 Å². The zero-order valence-electron chi connectivity index (χ0n) is 13.0. The van der Waals surface area contributed by atoms with Gasteiger partial charge in [-0.2, -0.15) is 0 Å². The molecule has 0 bridgehead atoms. The molecule has 0 heterocycles. The van der Waals surface area contributed by atoms with Gasteiger partial charge in [-0.1, -0.05) is 23.8 Å². The van der Waals surface area contributed by atoms with E-state index < -0.39 is 0 Å². The molecule has 2 aromatic rings. The monoisotopic (exact) mass is 302 g/mol. The summed E-state index contributed by atoms with van der Waals surface area (Å²) in [6.07, 6.45) is 0. The Labute approximate surface area is 130 Å². The lowest BCUT2D eigenvalue weighted by Gasteiger charge is -2.15. The number of benzene rings is 2. The van der Waals surface area contributed by atoms with E-state index in [-0.39, 0.29) is 26.4 Å². The Morgan fingerprint density at radius 3 is 2.27 bits per heavy atom. The minimum absolute atomic E-state index is 0.0262. The van der Waals surface area contributed by atoms with Gasteiger partial charge in [-0.25, -0.2) is 0 Å². The molecule has 0 aromatic heterocycles. The van der Waals surface area contributed by atoms with E-state index in [4.69, 9.17) is 19.7 Å². The quantitative estimate of drug-likeness (QED) is 0.825. The minimum Gasteiger partial charge on any atom is -0.491 e. The van der Waals surface area contributed by atoms with E-state index in [9.17, 15) is 0 Å². The van der Waals surface area contributed by atoms with E-state index in [1.54, 1.807) is 6.07 Å². The van der Waals surface area contributed by atoms with Crippen molar-refractivity contribution >= 4 is 0 Å². The summed E-state index contributed by atoms with van der Waals surface area (Å²) in [5.74, 6) is 1.39. The van der Waals surface area contributed by atoms with Crippen molar-refractivity contribution in [1.82, 2.24) is 0 Å². The highest BCUT2D eigenvalue weighted by Gasteiger charge is 2.11. The topological polar surface area (TPSA) is 58.9 Å². The summed E-state index contributed by atoms with van der Waals surface area (Å²) in [6.45, 7) is 4.53. The fourth-order valence-electron chi connectivity index (χ4n) is 2.28. The van der Waals surface area contributed by atoms with Crippen LogP contribution >= 0.6 is 0 Å². The lowest BCUT2D eigenvalue weighted by Crippen LogP contribution is -2.05. The van der Waals surface area contributed by atoms with Crippen molar-refractivity contribution in [3.63, 3.8) is 0 Å². The first-order valence-corrected chi connectivity index (χ1v) is 7.34. The van der Waals surface area contributed by atoms with Crippen molar-refractivity contribution < 1.29 is 19.7 Å². The van der Waals surface area contributed by atoms with Crippen LogP contribution in [0.1, 0.15) is 11.1 Å². The number of rotatable bonds is 7. The summed E-state index contributed by atoms with van der Waals surface area (Å²) in [7, 11) is 0. The maximum atomic E-state index is 8.98. The molecule has 118 valence electrons. The number of aliphatic hydroxyl groups is 2. The third kappa shape index (κ3) is 4.00. The standard InChI is InChI=1S/C18H22O4/c1-13-3-4-14(2)16(11-13)17-12-15(21-9-7-19)5-6-18(17)22-10-8-20/h3-6,11-12,19-20H,7-10H2,1-2H3. The zero-order valence-corrected chi connectivity index (χ0v) is 13.0. The van der Waals surface area contributed by atoms with Gasteiger partial charge in [0.1, 0.15) is 24.7 Å². The van der Waals surface area contributed by atoms with Crippen LogP contribution in [0.2, 0.25) is 0 Å². The molecule has 0 aliphatic rings. The molecule has 4 heteroatoms. The summed E-state index contributed by atoms with van der Waals surface area (Å²) >= 11 is 0. The minimum atomic E-state index is -0.0327. The van der Waals surface area contributed by atoms with Crippen LogP contribution in [0.5, 0.6) is 11.5 Å². The number of aliphatic hydroxyl groups excluding tert-OH is 2. The van der Waals surface area contributed by atoms with E-state index in [2.05, 4.69) is 18.2 Å². The molecule has 0 aliphatic carbocycles. The third-order valence-corrected chi connectivity index (χ3v) is 3.34. The highest BCUT2D eigenvalue weighted by Crippen LogP contribution is 2.36. The first-order valence-electron chi connectivity index (χ1n) is 7.34. The molecule has 0 radical (unpaired) electrons. The summed E-state index contributed by atoms with van der Waals surface area (Å²) in [4.78, 5) is 0. The van der Waals surface area contributed by atoms with E-state index >= 15 is 0 Å². The van der Waals surface area contributed by atoms with Gasteiger partial charge in [0.15, 0.2) is 0 Å². The molecular formula is C18H22O4. The van der Waals surface area contributed by atoms with Gasteiger partial charge in [0.25, 0.3) is 0 Å². The highest BCUT2D eigenvalue weighted by molar-refractivity contribution is 5.75. The number of ether oxygens (including phenoxy) is 2. The first kappa shape index (κ1) is 16.3. The third-order valence-electron chi connectivity index (χ3n) is 3.34. The van der Waals surface area contributed by atoms with Crippen LogP contribution in [0.3, 0.4) is 0 Å². The summed E-state index contributed by atoms with van der Waals surface area (Å²) in [5, 5.41) is 17.9. The van der Waals surface area contributed by atoms with E-state index in [1.165, 1.54) is 0 Å². The SMILES string of the molecule is Cc1ccc(C)c(-c2cc(OCCO)ccc2OCCO)c1. The normalized spacial score (nSPS) is 10.5. The molecule has 0 aliphatic heterocycles. The predicted octanol–water partition coefficient (Wildman–Crippen LogP) is 2.71. The number of hydrogen-bond donors (Lipinski definition) is 2. The Hall–Kier alpha value is -2.04. The smallest absolute Gasteiger partial charge is 0.127 e. The van der Waals surface area contributed by atoms with Gasteiger partial charge < -0.3 is 19.7 Å². The Kier molecular flexibility index (Phi) is 5.81. The molecule has 0 spiro atoms. The van der Waals surface area contributed by atoms with Gasteiger partial charge in [0.05, 0.1) is 13.2 Å². The van der Waals surface area contributed by atoms with Crippen LogP contribution in [0.15, 0.2) is 36.4 Å². The second-order valence-electron chi connectivity index (χ2n) is 5.12. The summed E-state index contributed by atoms with van der Waals surface area (Å²) in [5.41, 5.74) is 4.29. The van der Waals surface area contributed by atoms with Crippen LogP contribution in [-0.2, 0) is 0 Å². The van der Waals surface area contributed by atoms with E-state index in [1.807, 2.05) is 26.0 Å². The van der Waals surface area contributed by atoms with Crippen LogP contribution < -0.4 is 9.47 Å². The predicted molar refractivity (Wildman–Crippen MR) is 86.5 cm³/mol. The Balaban J connectivity index is 2.45. The molecule has 0 unspecified atom stereocenters. The molecule has 2 rings (SSSR count). The second kappa shape index (κ2) is 7.82. The molecule has 4 nitrogen and oxygen atoms in total. The van der Waals surface area contributed by atoms with Crippen molar-refractivity contribution in [2.75, 3.05) is 26.4 Å². The number of hydrogen-bond acceptors (Lipinski definition) is 4. The Morgan fingerprint density at radius 2 is 1.55 bits per heavy atom. The highest BCUT2D eigenvalue weighted by atomic mass is 16.5. The van der Waals surface area contributed by atoms with Crippen LogP contribution in [0.25, 0.3) is 11.1 Å². The van der Waals surface area contributed by atoms with Crippen LogP contribution in [-0.4, -0.2) is 36.6 Å². The molecule has 2 N–H and O–H groups in total. The largest absolute Gasteiger partial charge is 0.491 e. The summed E-state index contributed by atoms with van der Waals surface area (Å²) < 4.78 is 11.1. The molecule has 2 aromatic carbocycles. The maximum absolute atomic E-state index is 8.98. The van der Waals surface area contributed by atoms with E-state index in [0.29, 0.717) is 11.5 Å². The van der Waals surface area contributed by atoms with Crippen molar-refractivity contribution in [2.45, 2.75) is 13.8 Å². The molecule has 0 saturated heterocycles. The fourth-order valence-corrected chi connectivity index (χ4v) is 2.28.